The van der Waals surface area contributed by atoms with Crippen molar-refractivity contribution in [2.45, 2.75) is 18.4 Å². The highest BCUT2D eigenvalue weighted by Gasteiger charge is 2.50. The number of nitriles is 1. The van der Waals surface area contributed by atoms with Gasteiger partial charge in [0.05, 0.1) is 34.4 Å². The number of thiophene rings is 1. The molecule has 2 atom stereocenters. The molecule has 0 radical (unpaired) electrons. The predicted molar refractivity (Wildman–Crippen MR) is 200 cm³/mol. The number of hydrogen-bond donors (Lipinski definition) is 0. The maximum absolute atomic E-state index is 10.6. The van der Waals surface area contributed by atoms with Gasteiger partial charge in [0.2, 0.25) is 0 Å². The van der Waals surface area contributed by atoms with Crippen LogP contribution in [0.1, 0.15) is 34.5 Å². The van der Waals surface area contributed by atoms with E-state index in [-0.39, 0.29) is 11.5 Å². The molecule has 2 aliphatic rings. The zero-order chi connectivity index (χ0) is 32.0. The van der Waals surface area contributed by atoms with Crippen molar-refractivity contribution in [1.82, 2.24) is 4.57 Å². The molecule has 0 bridgehead atoms. The van der Waals surface area contributed by atoms with Gasteiger partial charge in [0.1, 0.15) is 0 Å². The summed E-state index contributed by atoms with van der Waals surface area (Å²) < 4.78 is 3.56. The molecule has 0 spiro atoms. The van der Waals surface area contributed by atoms with E-state index in [9.17, 15) is 5.26 Å². The first kappa shape index (κ1) is 27.2. The molecule has 3 nitrogen and oxygen atoms in total. The smallest absolute Gasteiger partial charge is 0.0998 e. The van der Waals surface area contributed by atoms with Crippen molar-refractivity contribution in [1.29, 1.82) is 5.26 Å². The monoisotopic (exact) mass is 631 g/mol. The molecule has 226 valence electrons. The molecule has 48 heavy (non-hydrogen) atoms. The number of aromatic nitrogens is 1. The number of anilines is 2. The molecule has 0 fully saturated rings. The van der Waals surface area contributed by atoms with Gasteiger partial charge >= 0.3 is 0 Å². The Hall–Kier alpha value is -5.89. The van der Waals surface area contributed by atoms with Gasteiger partial charge in [-0.1, -0.05) is 109 Å². The van der Waals surface area contributed by atoms with E-state index < -0.39 is 0 Å². The molecule has 0 saturated carbocycles. The Balaban J connectivity index is 1.25. The van der Waals surface area contributed by atoms with E-state index in [4.69, 9.17) is 0 Å². The zero-order valence-electron chi connectivity index (χ0n) is 26.3. The van der Waals surface area contributed by atoms with Crippen molar-refractivity contribution in [2.75, 3.05) is 4.90 Å². The Kier molecular flexibility index (Phi) is 5.71. The molecule has 8 aromatic rings. The fourth-order valence-electron chi connectivity index (χ4n) is 8.41. The highest BCUT2D eigenvalue weighted by atomic mass is 32.1. The molecule has 4 heteroatoms. The number of fused-ring (bicyclic) bond motifs is 10. The van der Waals surface area contributed by atoms with Crippen LogP contribution in [0.15, 0.2) is 146 Å². The lowest BCUT2D eigenvalue weighted by atomic mass is 9.74. The second kappa shape index (κ2) is 10.1. The Morgan fingerprint density at radius 1 is 0.667 bits per heavy atom. The lowest BCUT2D eigenvalue weighted by Gasteiger charge is -2.37. The van der Waals surface area contributed by atoms with Crippen LogP contribution in [0.3, 0.4) is 0 Å². The van der Waals surface area contributed by atoms with E-state index in [2.05, 4.69) is 162 Å². The fourth-order valence-corrected chi connectivity index (χ4v) is 9.95. The average Bonchev–Trinajstić information content (AvgIpc) is 3.77. The Labute approximate surface area is 282 Å². The van der Waals surface area contributed by atoms with Gasteiger partial charge in [0, 0.05) is 53.7 Å². The van der Waals surface area contributed by atoms with Crippen LogP contribution in [-0.4, -0.2) is 4.57 Å². The third-order valence-electron chi connectivity index (χ3n) is 10.5. The van der Waals surface area contributed by atoms with E-state index in [0.29, 0.717) is 5.56 Å². The van der Waals surface area contributed by atoms with Crippen LogP contribution in [0.4, 0.5) is 11.4 Å². The molecule has 2 aromatic heterocycles. The summed E-state index contributed by atoms with van der Waals surface area (Å²) in [7, 11) is 0. The minimum atomic E-state index is -0.195. The second-order valence-electron chi connectivity index (χ2n) is 13.0. The third kappa shape index (κ3) is 3.57. The van der Waals surface area contributed by atoms with Crippen molar-refractivity contribution in [3.63, 3.8) is 0 Å². The summed E-state index contributed by atoms with van der Waals surface area (Å²) in [5.74, 6) is 0. The van der Waals surface area contributed by atoms with Crippen LogP contribution >= 0.6 is 11.3 Å². The summed E-state index contributed by atoms with van der Waals surface area (Å²) in [6, 6.07) is 52.3. The third-order valence-corrected chi connectivity index (χ3v) is 11.8. The Morgan fingerprint density at radius 2 is 1.31 bits per heavy atom. The van der Waals surface area contributed by atoms with Gasteiger partial charge in [-0.3, -0.25) is 0 Å². The normalized spacial score (nSPS) is 17.8. The summed E-state index contributed by atoms with van der Waals surface area (Å²) in [4.78, 5) is 3.90. The molecule has 0 saturated heterocycles. The number of rotatable bonds is 3. The van der Waals surface area contributed by atoms with E-state index in [1.54, 1.807) is 0 Å². The molecule has 10 rings (SSSR count). The molecule has 1 aliphatic carbocycles. The molecule has 6 aromatic carbocycles. The average molecular weight is 632 g/mol. The molecule has 3 heterocycles. The minimum Gasteiger partial charge on any atom is -0.332 e. The molecular weight excluding hydrogens is 603 g/mol. The second-order valence-corrected chi connectivity index (χ2v) is 14.0. The van der Waals surface area contributed by atoms with Gasteiger partial charge in [0.15, 0.2) is 0 Å². The number of nitrogens with zero attached hydrogens (tertiary/aromatic N) is 3. The van der Waals surface area contributed by atoms with Crippen LogP contribution in [0.25, 0.3) is 54.8 Å². The van der Waals surface area contributed by atoms with Crippen molar-refractivity contribution >= 4 is 60.7 Å². The summed E-state index contributed by atoms with van der Waals surface area (Å²) in [6.07, 6.45) is 4.77. The first-order valence-electron chi connectivity index (χ1n) is 16.4. The molecule has 1 aliphatic heterocycles. The van der Waals surface area contributed by atoms with Gasteiger partial charge in [0.25, 0.3) is 0 Å². The SMILES string of the molecule is CC12C=Cc3c(sc4c(-c5c(C#N)cccc5-n5c6ccccc6c6ccccc65)cccc34)C1N(c1ccccc1)c1ccccc12. The van der Waals surface area contributed by atoms with Crippen LogP contribution in [0, 0.1) is 11.3 Å². The van der Waals surface area contributed by atoms with Gasteiger partial charge in [-0.25, -0.2) is 0 Å². The van der Waals surface area contributed by atoms with Crippen LogP contribution in [0.5, 0.6) is 0 Å². The molecule has 0 N–H and O–H groups in total. The van der Waals surface area contributed by atoms with Gasteiger partial charge in [-0.15, -0.1) is 11.3 Å². The highest BCUT2D eigenvalue weighted by Crippen LogP contribution is 2.61. The van der Waals surface area contributed by atoms with Gasteiger partial charge < -0.3 is 9.47 Å². The maximum Gasteiger partial charge on any atom is 0.0998 e. The largest absolute Gasteiger partial charge is 0.332 e. The van der Waals surface area contributed by atoms with E-state index in [1.165, 1.54) is 48.2 Å². The number of hydrogen-bond acceptors (Lipinski definition) is 3. The first-order valence-corrected chi connectivity index (χ1v) is 17.2. The number of para-hydroxylation sites is 4. The summed E-state index contributed by atoms with van der Waals surface area (Å²) in [5, 5.41) is 14.3. The van der Waals surface area contributed by atoms with E-state index >= 15 is 0 Å². The van der Waals surface area contributed by atoms with Crippen LogP contribution < -0.4 is 4.90 Å². The summed E-state index contributed by atoms with van der Waals surface area (Å²) in [5.41, 5.74) is 10.9. The first-order chi connectivity index (χ1) is 23.7. The van der Waals surface area contributed by atoms with Gasteiger partial charge in [-0.05, 0) is 60.5 Å². The predicted octanol–water partition coefficient (Wildman–Crippen LogP) is 11.7. The molecule has 0 amide bonds. The topological polar surface area (TPSA) is 32.0 Å². The van der Waals surface area contributed by atoms with Crippen LogP contribution in [0.2, 0.25) is 0 Å². The Morgan fingerprint density at radius 3 is 2.08 bits per heavy atom. The molecule has 2 unspecified atom stereocenters. The Bertz CT molecular complexity index is 2620. The van der Waals surface area contributed by atoms with Crippen molar-refractivity contribution < 1.29 is 0 Å². The van der Waals surface area contributed by atoms with E-state index in [1.807, 2.05) is 23.5 Å². The zero-order valence-corrected chi connectivity index (χ0v) is 27.1. The molecular formula is C44H29N3S. The highest BCUT2D eigenvalue weighted by molar-refractivity contribution is 7.20. The van der Waals surface area contributed by atoms with Gasteiger partial charge in [-0.2, -0.15) is 5.26 Å². The summed E-state index contributed by atoms with van der Waals surface area (Å²) >= 11 is 1.89. The summed E-state index contributed by atoms with van der Waals surface area (Å²) in [6.45, 7) is 2.38. The minimum absolute atomic E-state index is 0.102. The quantitative estimate of drug-likeness (QED) is 0.194. The van der Waals surface area contributed by atoms with Crippen molar-refractivity contribution in [3.05, 3.63) is 167 Å². The van der Waals surface area contributed by atoms with E-state index in [0.717, 1.165) is 27.8 Å². The number of benzene rings is 6. The lowest BCUT2D eigenvalue weighted by molar-refractivity contribution is 0.506. The maximum atomic E-state index is 10.6. The van der Waals surface area contributed by atoms with Crippen molar-refractivity contribution in [3.8, 4) is 22.9 Å². The lowest BCUT2D eigenvalue weighted by Crippen LogP contribution is -2.33. The van der Waals surface area contributed by atoms with Crippen LogP contribution in [-0.2, 0) is 5.41 Å². The fraction of sp³-hybridized carbons (Fsp3) is 0.0682. The van der Waals surface area contributed by atoms with Crippen molar-refractivity contribution in [2.24, 2.45) is 0 Å². The standard InChI is InChI=1S/C44H29N3S/c1-44-26-25-33-32-18-12-19-34(41(32)48-42(33)43(44)46(29-14-3-2-4-15-29)38-23-10-7-20-35(38)44)40-28(27-45)13-11-24-39(40)47-36-21-8-5-16-30(36)31-17-6-9-22-37(31)47/h2-26,43H,1H3.